The van der Waals surface area contributed by atoms with E-state index in [0.717, 1.165) is 48.4 Å². The number of fused-ring (bicyclic) bond motifs is 1. The van der Waals surface area contributed by atoms with Crippen LogP contribution in [0.2, 0.25) is 0 Å². The number of benzene rings is 2. The molecule has 2 atom stereocenters. The maximum absolute atomic E-state index is 11.9. The average Bonchev–Trinajstić information content (AvgIpc) is 2.71. The summed E-state index contributed by atoms with van der Waals surface area (Å²) in [5.74, 6) is 7.62. The summed E-state index contributed by atoms with van der Waals surface area (Å²) in [6, 6.07) is 14.7. The molecule has 0 spiro atoms. The van der Waals surface area contributed by atoms with Crippen LogP contribution in [0.15, 0.2) is 42.5 Å². The molecule has 2 N–H and O–H groups in total. The van der Waals surface area contributed by atoms with Crippen molar-refractivity contribution < 1.29 is 14.3 Å². The molecule has 30 heavy (non-hydrogen) atoms. The molecule has 2 aliphatic rings. The molecular formula is C22H29Cl2N3O3. The zero-order valence-electron chi connectivity index (χ0n) is 17.2. The lowest BCUT2D eigenvalue weighted by atomic mass is 9.81. The molecule has 2 aromatic carbocycles. The van der Waals surface area contributed by atoms with Crippen LogP contribution in [0.4, 0.5) is 10.5 Å². The Labute approximate surface area is 190 Å². The first-order valence-corrected chi connectivity index (χ1v) is 9.75. The third kappa shape index (κ3) is 4.67. The Kier molecular flexibility index (Phi) is 8.38. The molecule has 0 radical (unpaired) electrons. The fourth-order valence-corrected chi connectivity index (χ4v) is 4.48. The van der Waals surface area contributed by atoms with E-state index in [1.165, 1.54) is 5.56 Å². The van der Waals surface area contributed by atoms with Crippen molar-refractivity contribution in [3.05, 3.63) is 59.2 Å². The highest BCUT2D eigenvalue weighted by molar-refractivity contribution is 5.90. The van der Waals surface area contributed by atoms with Crippen LogP contribution < -0.4 is 15.5 Å². The van der Waals surface area contributed by atoms with Crippen molar-refractivity contribution in [1.82, 2.24) is 5.01 Å². The average molecular weight is 454 g/mol. The Bertz CT molecular complexity index is 866. The van der Waals surface area contributed by atoms with E-state index in [1.54, 1.807) is 19.1 Å². The van der Waals surface area contributed by atoms with Gasteiger partial charge in [0.1, 0.15) is 12.4 Å². The Morgan fingerprint density at radius 2 is 1.93 bits per heavy atom. The Morgan fingerprint density at radius 3 is 2.63 bits per heavy atom. The maximum Gasteiger partial charge on any atom is 0.414 e. The summed E-state index contributed by atoms with van der Waals surface area (Å²) >= 11 is 0. The SMILES string of the molecule is COc1cc2c(cc1C[C@@H]1CCCN(N)[C@@H]1c1ccccc1)N(C)C(=O)OC2.Cl.Cl. The van der Waals surface area contributed by atoms with Gasteiger partial charge in [-0.3, -0.25) is 10.7 Å². The molecule has 0 aromatic heterocycles. The molecule has 164 valence electrons. The second-order valence-corrected chi connectivity index (χ2v) is 7.61. The lowest BCUT2D eigenvalue weighted by Gasteiger charge is -2.39. The number of hydrazine groups is 1. The van der Waals surface area contributed by atoms with Crippen molar-refractivity contribution in [3.63, 3.8) is 0 Å². The highest BCUT2D eigenvalue weighted by atomic mass is 35.5. The van der Waals surface area contributed by atoms with Crippen LogP contribution in [0.25, 0.3) is 0 Å². The molecule has 0 saturated carbocycles. The van der Waals surface area contributed by atoms with E-state index in [0.29, 0.717) is 5.92 Å². The fourth-order valence-electron chi connectivity index (χ4n) is 4.48. The van der Waals surface area contributed by atoms with Gasteiger partial charge in [-0.2, -0.15) is 0 Å². The number of anilines is 1. The van der Waals surface area contributed by atoms with Gasteiger partial charge in [-0.25, -0.2) is 9.80 Å². The number of piperidine rings is 1. The van der Waals surface area contributed by atoms with E-state index in [-0.39, 0.29) is 43.6 Å². The quantitative estimate of drug-likeness (QED) is 0.690. The van der Waals surface area contributed by atoms with Crippen LogP contribution in [0, 0.1) is 5.92 Å². The van der Waals surface area contributed by atoms with Crippen molar-refractivity contribution in [3.8, 4) is 5.75 Å². The molecule has 0 aliphatic carbocycles. The summed E-state index contributed by atoms with van der Waals surface area (Å²) in [5, 5.41) is 1.97. The lowest BCUT2D eigenvalue weighted by molar-refractivity contribution is 0.0922. The summed E-state index contributed by atoms with van der Waals surface area (Å²) in [5.41, 5.74) is 4.20. The third-order valence-electron chi connectivity index (χ3n) is 5.89. The van der Waals surface area contributed by atoms with E-state index in [4.69, 9.17) is 15.3 Å². The summed E-state index contributed by atoms with van der Waals surface area (Å²) in [7, 11) is 3.43. The van der Waals surface area contributed by atoms with E-state index >= 15 is 0 Å². The number of ether oxygens (including phenoxy) is 2. The summed E-state index contributed by atoms with van der Waals surface area (Å²) in [6.45, 7) is 1.17. The zero-order valence-corrected chi connectivity index (χ0v) is 18.9. The predicted octanol–water partition coefficient (Wildman–Crippen LogP) is 4.49. The van der Waals surface area contributed by atoms with Crippen molar-refractivity contribution in [1.29, 1.82) is 0 Å². The summed E-state index contributed by atoms with van der Waals surface area (Å²) in [4.78, 5) is 13.5. The van der Waals surface area contributed by atoms with Gasteiger partial charge in [0, 0.05) is 19.2 Å². The van der Waals surface area contributed by atoms with E-state index in [9.17, 15) is 4.79 Å². The standard InChI is InChI=1S/C22H27N3O3.2ClH/c1-24-19-12-17(20(27-2)13-18(19)14-28-22(24)26)11-16-9-6-10-25(23)21(16)15-7-4-3-5-8-15;;/h3-5,7-8,12-13,16,21H,6,9-11,14,23H2,1-2H3;2*1H/t16-,21+;;/m0../s1. The van der Waals surface area contributed by atoms with Crippen molar-refractivity contribution >= 4 is 36.6 Å². The Morgan fingerprint density at radius 1 is 1.20 bits per heavy atom. The topological polar surface area (TPSA) is 68.0 Å². The van der Waals surface area contributed by atoms with Crippen molar-refractivity contribution in [2.75, 3.05) is 25.6 Å². The summed E-state index contributed by atoms with van der Waals surface area (Å²) < 4.78 is 10.9. The first kappa shape index (κ1) is 24.3. The molecule has 0 unspecified atom stereocenters. The monoisotopic (exact) mass is 453 g/mol. The molecule has 1 fully saturated rings. The third-order valence-corrected chi connectivity index (χ3v) is 5.89. The highest BCUT2D eigenvalue weighted by Gasteiger charge is 2.32. The number of cyclic esters (lactones) is 1. The van der Waals surface area contributed by atoms with Gasteiger partial charge in [-0.15, -0.1) is 24.8 Å². The van der Waals surface area contributed by atoms with E-state index in [2.05, 4.69) is 30.3 Å². The fraction of sp³-hybridized carbons (Fsp3) is 0.409. The Balaban J connectivity index is 0.00000160. The second-order valence-electron chi connectivity index (χ2n) is 7.61. The van der Waals surface area contributed by atoms with Crippen molar-refractivity contribution in [2.45, 2.75) is 31.9 Å². The molecule has 6 nitrogen and oxygen atoms in total. The van der Waals surface area contributed by atoms with Gasteiger partial charge in [0.2, 0.25) is 0 Å². The number of nitrogens with zero attached hydrogens (tertiary/aromatic N) is 2. The number of methoxy groups -OCH3 is 1. The number of carbonyl (C=O) groups excluding carboxylic acids is 1. The highest BCUT2D eigenvalue weighted by Crippen LogP contribution is 2.40. The number of rotatable bonds is 4. The Hall–Kier alpha value is -1.99. The number of amides is 1. The molecular weight excluding hydrogens is 425 g/mol. The minimum atomic E-state index is -0.323. The number of hydrogen-bond donors (Lipinski definition) is 1. The number of carbonyl (C=O) groups is 1. The predicted molar refractivity (Wildman–Crippen MR) is 123 cm³/mol. The molecule has 4 rings (SSSR count). The van der Waals surface area contributed by atoms with E-state index in [1.807, 2.05) is 17.1 Å². The maximum atomic E-state index is 11.9. The van der Waals surface area contributed by atoms with Crippen LogP contribution in [0.3, 0.4) is 0 Å². The second kappa shape index (κ2) is 10.4. The minimum Gasteiger partial charge on any atom is -0.496 e. The molecule has 8 heteroatoms. The minimum absolute atomic E-state index is 0. The van der Waals surface area contributed by atoms with Crippen molar-refractivity contribution in [2.24, 2.45) is 11.8 Å². The normalized spacial score (nSPS) is 21.0. The first-order valence-electron chi connectivity index (χ1n) is 9.75. The van der Waals surface area contributed by atoms with Crippen LogP contribution >= 0.6 is 24.8 Å². The molecule has 1 amide bonds. The largest absolute Gasteiger partial charge is 0.496 e. The van der Waals surface area contributed by atoms with Gasteiger partial charge >= 0.3 is 6.09 Å². The summed E-state index contributed by atoms with van der Waals surface area (Å²) in [6.07, 6.45) is 2.69. The van der Waals surface area contributed by atoms with Gasteiger partial charge in [-0.05, 0) is 48.4 Å². The molecule has 2 aromatic rings. The first-order chi connectivity index (χ1) is 13.6. The number of halogens is 2. The van der Waals surface area contributed by atoms with Crippen LogP contribution in [-0.4, -0.2) is 31.8 Å². The molecule has 2 aliphatic heterocycles. The van der Waals surface area contributed by atoms with Crippen LogP contribution in [0.1, 0.15) is 35.6 Å². The molecule has 2 heterocycles. The molecule has 1 saturated heterocycles. The van der Waals surface area contributed by atoms with Gasteiger partial charge in [0.25, 0.3) is 0 Å². The van der Waals surface area contributed by atoms with Gasteiger partial charge in [-0.1, -0.05) is 30.3 Å². The van der Waals surface area contributed by atoms with Gasteiger partial charge in [0.15, 0.2) is 0 Å². The van der Waals surface area contributed by atoms with Gasteiger partial charge in [0.05, 0.1) is 18.8 Å². The molecule has 0 bridgehead atoms. The number of nitrogens with two attached hydrogens (primary N) is 1. The van der Waals surface area contributed by atoms with Gasteiger partial charge < -0.3 is 9.47 Å². The lowest BCUT2D eigenvalue weighted by Crippen LogP contribution is -2.44. The smallest absolute Gasteiger partial charge is 0.414 e. The number of hydrogen-bond acceptors (Lipinski definition) is 5. The van der Waals surface area contributed by atoms with Crippen LogP contribution in [0.5, 0.6) is 5.75 Å². The van der Waals surface area contributed by atoms with Crippen LogP contribution in [-0.2, 0) is 17.8 Å². The van der Waals surface area contributed by atoms with E-state index < -0.39 is 0 Å². The zero-order chi connectivity index (χ0) is 19.7.